The van der Waals surface area contributed by atoms with Crippen LogP contribution in [0.3, 0.4) is 0 Å². The molecule has 2 aromatic carbocycles. The summed E-state index contributed by atoms with van der Waals surface area (Å²) in [5.74, 6) is -0.0192. The lowest BCUT2D eigenvalue weighted by Crippen LogP contribution is -2.22. The van der Waals surface area contributed by atoms with Crippen LogP contribution in [0.25, 0.3) is 5.69 Å². The van der Waals surface area contributed by atoms with Gasteiger partial charge in [0.1, 0.15) is 5.75 Å². The van der Waals surface area contributed by atoms with Crippen LogP contribution in [0.1, 0.15) is 6.92 Å². The molecule has 0 aliphatic heterocycles. The number of amides is 1. The molecule has 9 heteroatoms. The Morgan fingerprint density at radius 1 is 1.20 bits per heavy atom. The lowest BCUT2D eigenvalue weighted by Gasteiger charge is -2.11. The predicted molar refractivity (Wildman–Crippen MR) is 96.2 cm³/mol. The Kier molecular flexibility index (Phi) is 5.20. The molecule has 1 heterocycles. The van der Waals surface area contributed by atoms with E-state index in [9.17, 15) is 9.90 Å². The molecule has 1 amide bonds. The van der Waals surface area contributed by atoms with E-state index in [1.165, 1.54) is 16.4 Å². The average molecular weight is 376 g/mol. The number of aromatic hydroxyl groups is 1. The first kappa shape index (κ1) is 17.2. The molecule has 3 rings (SSSR count). The summed E-state index contributed by atoms with van der Waals surface area (Å²) < 4.78 is 1.51. The van der Waals surface area contributed by atoms with Crippen molar-refractivity contribution in [2.75, 3.05) is 5.32 Å². The first-order valence-corrected chi connectivity index (χ1v) is 8.59. The molecule has 1 aromatic heterocycles. The third-order valence-electron chi connectivity index (χ3n) is 3.30. The van der Waals surface area contributed by atoms with E-state index < -0.39 is 5.25 Å². The van der Waals surface area contributed by atoms with Gasteiger partial charge in [-0.2, -0.15) is 4.68 Å². The molecule has 0 aliphatic carbocycles. The summed E-state index contributed by atoms with van der Waals surface area (Å²) in [6, 6.07) is 13.4. The highest BCUT2D eigenvalue weighted by molar-refractivity contribution is 8.00. The molecule has 0 radical (unpaired) electrons. The number of nitrogens with zero attached hydrogens (tertiary/aromatic N) is 4. The summed E-state index contributed by atoms with van der Waals surface area (Å²) in [7, 11) is 0. The number of carbonyl (C=O) groups excluding carboxylic acids is 1. The van der Waals surface area contributed by atoms with E-state index in [2.05, 4.69) is 20.8 Å². The van der Waals surface area contributed by atoms with Gasteiger partial charge in [-0.15, -0.1) is 5.10 Å². The maximum atomic E-state index is 12.3. The van der Waals surface area contributed by atoms with Crippen molar-refractivity contribution >= 4 is 35.0 Å². The summed E-state index contributed by atoms with van der Waals surface area (Å²) in [6.07, 6.45) is 0. The molecule has 128 valence electrons. The maximum absolute atomic E-state index is 12.3. The molecule has 0 saturated carbocycles. The Morgan fingerprint density at radius 3 is 2.56 bits per heavy atom. The molecule has 0 aliphatic rings. The van der Waals surface area contributed by atoms with Crippen molar-refractivity contribution in [3.05, 3.63) is 53.6 Å². The first-order valence-electron chi connectivity index (χ1n) is 7.34. The summed E-state index contributed by atoms with van der Waals surface area (Å²) in [5.41, 5.74) is 1.36. The molecule has 1 atom stereocenters. The Hall–Kier alpha value is -2.58. The van der Waals surface area contributed by atoms with Gasteiger partial charge in [0, 0.05) is 10.7 Å². The minimum Gasteiger partial charge on any atom is -0.508 e. The molecule has 7 nitrogen and oxygen atoms in total. The van der Waals surface area contributed by atoms with Crippen LogP contribution in [0.5, 0.6) is 5.75 Å². The lowest BCUT2D eigenvalue weighted by molar-refractivity contribution is -0.115. The minimum atomic E-state index is -0.419. The van der Waals surface area contributed by atoms with E-state index in [1.807, 2.05) is 0 Å². The van der Waals surface area contributed by atoms with Crippen LogP contribution in [-0.4, -0.2) is 36.5 Å². The van der Waals surface area contributed by atoms with Crippen LogP contribution in [0.2, 0.25) is 5.02 Å². The number of phenolic OH excluding ortho intramolecular Hbond substituents is 1. The number of benzene rings is 2. The number of rotatable bonds is 5. The fourth-order valence-electron chi connectivity index (χ4n) is 2.00. The number of phenols is 1. The summed E-state index contributed by atoms with van der Waals surface area (Å²) >= 11 is 7.07. The van der Waals surface area contributed by atoms with Gasteiger partial charge in [0.2, 0.25) is 11.1 Å². The predicted octanol–water partition coefficient (Wildman–Crippen LogP) is 3.14. The van der Waals surface area contributed by atoms with E-state index in [4.69, 9.17) is 11.6 Å². The van der Waals surface area contributed by atoms with Crippen LogP contribution in [-0.2, 0) is 4.79 Å². The SMILES string of the molecule is C[C@@H](Sc1nnnn1-c1ccc(O)cc1)C(=O)Nc1ccc(Cl)cc1. The van der Waals surface area contributed by atoms with E-state index in [1.54, 1.807) is 55.5 Å². The van der Waals surface area contributed by atoms with E-state index in [0.29, 0.717) is 21.6 Å². The van der Waals surface area contributed by atoms with Crippen molar-refractivity contribution in [2.45, 2.75) is 17.3 Å². The first-order chi connectivity index (χ1) is 12.0. The number of tetrazole rings is 1. The number of anilines is 1. The summed E-state index contributed by atoms with van der Waals surface area (Å²) in [5, 5.41) is 24.4. The van der Waals surface area contributed by atoms with Gasteiger partial charge in [-0.1, -0.05) is 23.4 Å². The molecule has 25 heavy (non-hydrogen) atoms. The highest BCUT2D eigenvalue weighted by Crippen LogP contribution is 2.24. The molecule has 0 spiro atoms. The van der Waals surface area contributed by atoms with Gasteiger partial charge in [-0.3, -0.25) is 4.79 Å². The van der Waals surface area contributed by atoms with Gasteiger partial charge < -0.3 is 10.4 Å². The van der Waals surface area contributed by atoms with Gasteiger partial charge in [0.05, 0.1) is 10.9 Å². The Bertz CT molecular complexity index is 867. The van der Waals surface area contributed by atoms with Gasteiger partial charge in [-0.05, 0) is 65.9 Å². The monoisotopic (exact) mass is 375 g/mol. The van der Waals surface area contributed by atoms with Crippen LogP contribution in [0.4, 0.5) is 5.69 Å². The number of carbonyl (C=O) groups is 1. The standard InChI is InChI=1S/C16H14ClN5O2S/c1-10(15(24)18-12-4-2-11(17)3-5-12)25-16-19-20-21-22(16)13-6-8-14(23)9-7-13/h2-10,23H,1H3,(H,18,24)/t10-/m1/s1. The molecule has 0 bridgehead atoms. The number of aromatic nitrogens is 4. The minimum absolute atomic E-state index is 0.154. The van der Waals surface area contributed by atoms with Crippen molar-refractivity contribution in [3.8, 4) is 11.4 Å². The van der Waals surface area contributed by atoms with Crippen molar-refractivity contribution in [3.63, 3.8) is 0 Å². The van der Waals surface area contributed by atoms with Crippen molar-refractivity contribution in [1.82, 2.24) is 20.2 Å². The van der Waals surface area contributed by atoms with Crippen LogP contribution in [0.15, 0.2) is 53.7 Å². The third kappa shape index (κ3) is 4.28. The number of nitrogens with one attached hydrogen (secondary N) is 1. The average Bonchev–Trinajstić information content (AvgIpc) is 3.05. The van der Waals surface area contributed by atoms with Crippen molar-refractivity contribution in [2.24, 2.45) is 0 Å². The zero-order valence-electron chi connectivity index (χ0n) is 13.1. The van der Waals surface area contributed by atoms with Crippen molar-refractivity contribution in [1.29, 1.82) is 0 Å². The Balaban J connectivity index is 1.70. The molecule has 3 aromatic rings. The van der Waals surface area contributed by atoms with E-state index in [-0.39, 0.29) is 11.7 Å². The topological polar surface area (TPSA) is 92.9 Å². The Labute approximate surface area is 153 Å². The van der Waals surface area contributed by atoms with Crippen LogP contribution < -0.4 is 5.32 Å². The fourth-order valence-corrected chi connectivity index (χ4v) is 2.93. The summed E-state index contributed by atoms with van der Waals surface area (Å²) in [6.45, 7) is 1.77. The van der Waals surface area contributed by atoms with E-state index >= 15 is 0 Å². The van der Waals surface area contributed by atoms with Gasteiger partial charge >= 0.3 is 0 Å². The second kappa shape index (κ2) is 7.54. The lowest BCUT2D eigenvalue weighted by atomic mass is 10.3. The normalized spacial score (nSPS) is 11.9. The number of hydrogen-bond acceptors (Lipinski definition) is 6. The zero-order chi connectivity index (χ0) is 17.8. The summed E-state index contributed by atoms with van der Waals surface area (Å²) in [4.78, 5) is 12.3. The molecule has 0 fully saturated rings. The van der Waals surface area contributed by atoms with Crippen LogP contribution >= 0.6 is 23.4 Å². The van der Waals surface area contributed by atoms with E-state index in [0.717, 1.165) is 0 Å². The largest absolute Gasteiger partial charge is 0.508 e. The highest BCUT2D eigenvalue weighted by Gasteiger charge is 2.19. The number of hydrogen-bond donors (Lipinski definition) is 2. The van der Waals surface area contributed by atoms with Gasteiger partial charge in [-0.25, -0.2) is 0 Å². The zero-order valence-corrected chi connectivity index (χ0v) is 14.7. The van der Waals surface area contributed by atoms with Crippen molar-refractivity contribution < 1.29 is 9.90 Å². The van der Waals surface area contributed by atoms with Gasteiger partial charge in [0.15, 0.2) is 0 Å². The molecule has 0 unspecified atom stereocenters. The molecular weight excluding hydrogens is 362 g/mol. The van der Waals surface area contributed by atoms with Gasteiger partial charge in [0.25, 0.3) is 0 Å². The number of halogens is 1. The fraction of sp³-hybridized carbons (Fsp3) is 0.125. The molecule has 2 N–H and O–H groups in total. The highest BCUT2D eigenvalue weighted by atomic mass is 35.5. The third-order valence-corrected chi connectivity index (χ3v) is 4.58. The molecular formula is C16H14ClN5O2S. The number of thioether (sulfide) groups is 1. The maximum Gasteiger partial charge on any atom is 0.237 e. The van der Waals surface area contributed by atoms with Crippen LogP contribution in [0, 0.1) is 0 Å². The second-order valence-corrected chi connectivity index (χ2v) is 6.89. The molecule has 0 saturated heterocycles. The quantitative estimate of drug-likeness (QED) is 0.665. The Morgan fingerprint density at radius 2 is 1.88 bits per heavy atom. The second-order valence-electron chi connectivity index (χ2n) is 5.15. The smallest absolute Gasteiger partial charge is 0.237 e.